The Bertz CT molecular complexity index is 394. The van der Waals surface area contributed by atoms with Gasteiger partial charge in [0.1, 0.15) is 0 Å². The summed E-state index contributed by atoms with van der Waals surface area (Å²) in [5.74, 6) is 0. The van der Waals surface area contributed by atoms with E-state index in [0.29, 0.717) is 0 Å². The van der Waals surface area contributed by atoms with Crippen LogP contribution < -0.4 is 5.32 Å². The second kappa shape index (κ2) is 7.08. The van der Waals surface area contributed by atoms with Gasteiger partial charge in [-0.2, -0.15) is 0 Å². The van der Waals surface area contributed by atoms with E-state index in [0.717, 1.165) is 25.1 Å². The lowest BCUT2D eigenvalue weighted by Crippen LogP contribution is -2.23. The minimum absolute atomic E-state index is 0.132. The number of non-ortho nitro benzene ring substituents is 1. The summed E-state index contributed by atoms with van der Waals surface area (Å²) in [7, 11) is 4.09. The first-order valence-corrected chi connectivity index (χ1v) is 6.13. The molecule has 0 aliphatic rings. The molecule has 1 N–H and O–H groups in total. The van der Waals surface area contributed by atoms with Crippen LogP contribution in [-0.2, 0) is 0 Å². The number of hydrogen-bond donors (Lipinski definition) is 1. The van der Waals surface area contributed by atoms with Gasteiger partial charge in [0.25, 0.3) is 5.69 Å². The molecule has 0 aliphatic carbocycles. The molecule has 0 saturated carbocycles. The van der Waals surface area contributed by atoms with Gasteiger partial charge in [-0.15, -0.1) is 0 Å². The van der Waals surface area contributed by atoms with Gasteiger partial charge >= 0.3 is 0 Å². The molecule has 0 spiro atoms. The fourth-order valence-electron chi connectivity index (χ4n) is 1.74. The number of nitro groups is 1. The second-order valence-corrected chi connectivity index (χ2v) is 4.68. The fraction of sp³-hybridized carbons (Fsp3) is 0.538. The molecule has 5 heteroatoms. The summed E-state index contributed by atoms with van der Waals surface area (Å²) in [4.78, 5) is 12.5. The minimum atomic E-state index is -0.359. The van der Waals surface area contributed by atoms with E-state index in [1.807, 2.05) is 27.1 Å². The van der Waals surface area contributed by atoms with E-state index in [2.05, 4.69) is 10.2 Å². The van der Waals surface area contributed by atoms with Crippen LogP contribution in [0.25, 0.3) is 0 Å². The van der Waals surface area contributed by atoms with Gasteiger partial charge in [-0.25, -0.2) is 0 Å². The van der Waals surface area contributed by atoms with Gasteiger partial charge in [-0.3, -0.25) is 10.1 Å². The third-order valence-electron chi connectivity index (χ3n) is 2.81. The Balaban J connectivity index is 2.48. The van der Waals surface area contributed by atoms with Crippen molar-refractivity contribution in [2.45, 2.75) is 19.4 Å². The highest BCUT2D eigenvalue weighted by Gasteiger charge is 2.10. The highest BCUT2D eigenvalue weighted by atomic mass is 16.6. The van der Waals surface area contributed by atoms with E-state index >= 15 is 0 Å². The number of rotatable bonds is 7. The molecule has 0 amide bonds. The molecule has 0 fully saturated rings. The van der Waals surface area contributed by atoms with Crippen LogP contribution in [0.4, 0.5) is 5.69 Å². The van der Waals surface area contributed by atoms with E-state index in [-0.39, 0.29) is 16.7 Å². The second-order valence-electron chi connectivity index (χ2n) is 4.68. The van der Waals surface area contributed by atoms with Gasteiger partial charge in [-0.05, 0) is 46.1 Å². The van der Waals surface area contributed by atoms with Crippen molar-refractivity contribution in [3.05, 3.63) is 39.9 Å². The van der Waals surface area contributed by atoms with Crippen LogP contribution in [0.1, 0.15) is 24.9 Å². The molecule has 1 atom stereocenters. The summed E-state index contributed by atoms with van der Waals surface area (Å²) in [6.07, 6.45) is 1.06. The van der Waals surface area contributed by atoms with Crippen LogP contribution in [0.5, 0.6) is 0 Å². The van der Waals surface area contributed by atoms with Crippen LogP contribution in [0.3, 0.4) is 0 Å². The maximum absolute atomic E-state index is 10.7. The number of nitro benzene ring substituents is 1. The van der Waals surface area contributed by atoms with E-state index in [1.165, 1.54) is 6.07 Å². The molecule has 100 valence electrons. The first-order valence-electron chi connectivity index (χ1n) is 6.13. The third-order valence-corrected chi connectivity index (χ3v) is 2.81. The standard InChI is InChI=1S/C13H21N3O2/c1-11(14-8-5-9-15(2)3)12-6-4-7-13(10-12)16(17)18/h4,6-7,10-11,14H,5,8-9H2,1-3H3. The van der Waals surface area contributed by atoms with Gasteiger partial charge in [0.15, 0.2) is 0 Å². The van der Waals surface area contributed by atoms with Crippen molar-refractivity contribution in [2.75, 3.05) is 27.2 Å². The Morgan fingerprint density at radius 3 is 2.78 bits per heavy atom. The zero-order valence-corrected chi connectivity index (χ0v) is 11.2. The highest BCUT2D eigenvalue weighted by molar-refractivity contribution is 5.35. The van der Waals surface area contributed by atoms with Crippen molar-refractivity contribution in [3.8, 4) is 0 Å². The van der Waals surface area contributed by atoms with E-state index in [1.54, 1.807) is 12.1 Å². The van der Waals surface area contributed by atoms with Gasteiger partial charge in [0.2, 0.25) is 0 Å². The number of benzene rings is 1. The monoisotopic (exact) mass is 251 g/mol. The zero-order chi connectivity index (χ0) is 13.5. The first-order chi connectivity index (χ1) is 8.50. The highest BCUT2D eigenvalue weighted by Crippen LogP contribution is 2.18. The van der Waals surface area contributed by atoms with Crippen LogP contribution in [-0.4, -0.2) is 37.0 Å². The van der Waals surface area contributed by atoms with Crippen molar-refractivity contribution in [2.24, 2.45) is 0 Å². The summed E-state index contributed by atoms with van der Waals surface area (Å²) in [6, 6.07) is 6.92. The van der Waals surface area contributed by atoms with Crippen molar-refractivity contribution >= 4 is 5.69 Å². The SMILES string of the molecule is CC(NCCCN(C)C)c1cccc([N+](=O)[O-])c1. The summed E-state index contributed by atoms with van der Waals surface area (Å²) in [6.45, 7) is 3.96. The molecular weight excluding hydrogens is 230 g/mol. The predicted octanol–water partition coefficient (Wildman–Crippen LogP) is 2.20. The molecule has 1 aromatic carbocycles. The molecule has 0 bridgehead atoms. The molecule has 1 unspecified atom stereocenters. The molecule has 0 heterocycles. The first kappa shape index (κ1) is 14.6. The largest absolute Gasteiger partial charge is 0.310 e. The van der Waals surface area contributed by atoms with Crippen LogP contribution >= 0.6 is 0 Å². The number of nitrogens with zero attached hydrogens (tertiary/aromatic N) is 2. The fourth-order valence-corrected chi connectivity index (χ4v) is 1.74. The summed E-state index contributed by atoms with van der Waals surface area (Å²) >= 11 is 0. The molecule has 1 aromatic rings. The Hall–Kier alpha value is -1.46. The van der Waals surface area contributed by atoms with Crippen LogP contribution in [0, 0.1) is 10.1 Å². The zero-order valence-electron chi connectivity index (χ0n) is 11.2. The van der Waals surface area contributed by atoms with E-state index < -0.39 is 0 Å². The molecule has 0 aromatic heterocycles. The average molecular weight is 251 g/mol. The maximum atomic E-state index is 10.7. The molecular formula is C13H21N3O2. The predicted molar refractivity (Wildman–Crippen MR) is 72.7 cm³/mol. The topological polar surface area (TPSA) is 58.4 Å². The Morgan fingerprint density at radius 1 is 1.44 bits per heavy atom. The summed E-state index contributed by atoms with van der Waals surface area (Å²) in [5, 5.41) is 14.1. The lowest BCUT2D eigenvalue weighted by atomic mass is 10.1. The molecule has 0 saturated heterocycles. The molecule has 0 aliphatic heterocycles. The van der Waals surface area contributed by atoms with Crippen molar-refractivity contribution in [1.29, 1.82) is 0 Å². The maximum Gasteiger partial charge on any atom is 0.269 e. The van der Waals surface area contributed by atoms with Crippen molar-refractivity contribution in [3.63, 3.8) is 0 Å². The van der Waals surface area contributed by atoms with Gasteiger partial charge in [0.05, 0.1) is 4.92 Å². The van der Waals surface area contributed by atoms with Crippen LogP contribution in [0.15, 0.2) is 24.3 Å². The molecule has 18 heavy (non-hydrogen) atoms. The average Bonchev–Trinajstić information content (AvgIpc) is 2.34. The number of hydrogen-bond acceptors (Lipinski definition) is 4. The Morgan fingerprint density at radius 2 is 2.17 bits per heavy atom. The third kappa shape index (κ3) is 4.81. The lowest BCUT2D eigenvalue weighted by molar-refractivity contribution is -0.384. The lowest BCUT2D eigenvalue weighted by Gasteiger charge is -2.15. The minimum Gasteiger partial charge on any atom is -0.310 e. The van der Waals surface area contributed by atoms with Crippen LogP contribution in [0.2, 0.25) is 0 Å². The van der Waals surface area contributed by atoms with Crippen molar-refractivity contribution < 1.29 is 4.92 Å². The van der Waals surface area contributed by atoms with Gasteiger partial charge in [-0.1, -0.05) is 12.1 Å². The Labute approximate surface area is 108 Å². The summed E-state index contributed by atoms with van der Waals surface area (Å²) in [5.41, 5.74) is 1.10. The van der Waals surface area contributed by atoms with E-state index in [4.69, 9.17) is 0 Å². The van der Waals surface area contributed by atoms with Gasteiger partial charge < -0.3 is 10.2 Å². The Kier molecular flexibility index (Phi) is 5.74. The molecule has 5 nitrogen and oxygen atoms in total. The molecule has 1 rings (SSSR count). The smallest absolute Gasteiger partial charge is 0.269 e. The summed E-state index contributed by atoms with van der Waals surface area (Å²) < 4.78 is 0. The normalized spacial score (nSPS) is 12.7. The quantitative estimate of drug-likeness (QED) is 0.458. The van der Waals surface area contributed by atoms with Gasteiger partial charge in [0, 0.05) is 18.2 Å². The number of nitrogens with one attached hydrogen (secondary N) is 1. The van der Waals surface area contributed by atoms with E-state index in [9.17, 15) is 10.1 Å². The van der Waals surface area contributed by atoms with Crippen molar-refractivity contribution in [1.82, 2.24) is 10.2 Å². The molecule has 0 radical (unpaired) electrons.